The second kappa shape index (κ2) is 12.7. The summed E-state index contributed by atoms with van der Waals surface area (Å²) in [5.41, 5.74) is 0.0160. The van der Waals surface area contributed by atoms with E-state index in [-0.39, 0.29) is 11.5 Å². The van der Waals surface area contributed by atoms with Crippen LogP contribution in [0.25, 0.3) is 0 Å². The van der Waals surface area contributed by atoms with E-state index in [2.05, 4.69) is 5.32 Å². The molecule has 36 heavy (non-hydrogen) atoms. The van der Waals surface area contributed by atoms with Gasteiger partial charge in [-0.3, -0.25) is 4.79 Å². The van der Waals surface area contributed by atoms with Crippen LogP contribution in [0.1, 0.15) is 54.0 Å². The largest absolute Gasteiger partial charge is 0.481 e. The second-order valence-corrected chi connectivity index (χ2v) is 16.3. The number of ether oxygens (including phenoxy) is 2. The molecule has 1 aromatic rings. The molecule has 0 unspecified atom stereocenters. The third-order valence-electron chi connectivity index (χ3n) is 6.17. The van der Waals surface area contributed by atoms with Gasteiger partial charge in [0.2, 0.25) is 0 Å². The average Bonchev–Trinajstić information content (AvgIpc) is 2.72. The predicted molar refractivity (Wildman–Crippen MR) is 139 cm³/mol. The van der Waals surface area contributed by atoms with Gasteiger partial charge in [-0.05, 0) is 57.8 Å². The third kappa shape index (κ3) is 9.91. The molecule has 204 valence electrons. The summed E-state index contributed by atoms with van der Waals surface area (Å²) in [4.78, 5) is 37.4. The molecule has 0 bridgehead atoms. The van der Waals surface area contributed by atoms with Crippen molar-refractivity contribution in [1.29, 1.82) is 0 Å². The van der Waals surface area contributed by atoms with Crippen molar-refractivity contribution in [3.05, 3.63) is 35.9 Å². The van der Waals surface area contributed by atoms with Crippen LogP contribution < -0.4 is 5.32 Å². The topological polar surface area (TPSA) is 131 Å². The van der Waals surface area contributed by atoms with Crippen molar-refractivity contribution in [3.63, 3.8) is 0 Å². The van der Waals surface area contributed by atoms with Gasteiger partial charge in [0.15, 0.2) is 14.4 Å². The lowest BCUT2D eigenvalue weighted by atomic mass is 9.91. The molecule has 1 rings (SSSR count). The average molecular weight is 526 g/mol. The first-order valence-corrected chi connectivity index (χ1v) is 15.0. The molecular weight excluding hydrogens is 482 g/mol. The van der Waals surface area contributed by atoms with Crippen LogP contribution in [0.15, 0.2) is 30.3 Å². The molecule has 0 saturated carbocycles. The Morgan fingerprint density at radius 2 is 1.58 bits per heavy atom. The number of carbonyl (C=O) groups is 3. The molecule has 4 atom stereocenters. The van der Waals surface area contributed by atoms with Crippen molar-refractivity contribution in [2.24, 2.45) is 5.92 Å². The smallest absolute Gasteiger partial charge is 0.408 e. The van der Waals surface area contributed by atoms with E-state index in [4.69, 9.17) is 13.9 Å². The maximum atomic E-state index is 12.9. The number of aliphatic carboxylic acids is 1. The van der Waals surface area contributed by atoms with E-state index in [1.165, 1.54) is 0 Å². The minimum Gasteiger partial charge on any atom is -0.481 e. The minimum atomic E-state index is -2.49. The molecule has 0 spiro atoms. The molecule has 0 aliphatic carbocycles. The first-order valence-electron chi connectivity index (χ1n) is 12.1. The molecule has 0 aliphatic rings. The lowest BCUT2D eigenvalue weighted by Gasteiger charge is -2.42. The number of esters is 1. The molecule has 0 heterocycles. The fourth-order valence-corrected chi connectivity index (χ4v) is 4.59. The number of amides is 1. The van der Waals surface area contributed by atoms with Gasteiger partial charge in [-0.15, -0.1) is 0 Å². The normalized spacial score (nSPS) is 15.8. The van der Waals surface area contributed by atoms with Crippen LogP contribution in [0.2, 0.25) is 18.1 Å². The van der Waals surface area contributed by atoms with Gasteiger partial charge in [0.05, 0.1) is 18.6 Å². The van der Waals surface area contributed by atoms with Crippen molar-refractivity contribution >= 4 is 26.3 Å². The quantitative estimate of drug-likeness (QED) is 0.290. The van der Waals surface area contributed by atoms with Crippen molar-refractivity contribution in [3.8, 4) is 0 Å². The summed E-state index contributed by atoms with van der Waals surface area (Å²) in [7, 11) is -2.49. The molecule has 10 heteroatoms. The Hall–Kier alpha value is -2.43. The van der Waals surface area contributed by atoms with Gasteiger partial charge in [-0.25, -0.2) is 9.59 Å². The van der Waals surface area contributed by atoms with E-state index in [1.54, 1.807) is 27.7 Å². The minimum absolute atomic E-state index is 0.178. The molecule has 0 saturated heterocycles. The highest BCUT2D eigenvalue weighted by molar-refractivity contribution is 6.74. The predicted octanol–water partition coefficient (Wildman–Crippen LogP) is 4.14. The van der Waals surface area contributed by atoms with Gasteiger partial charge in [-0.1, -0.05) is 51.1 Å². The zero-order valence-corrected chi connectivity index (χ0v) is 24.0. The summed E-state index contributed by atoms with van der Waals surface area (Å²) < 4.78 is 17.3. The Morgan fingerprint density at radius 1 is 1.03 bits per heavy atom. The Kier molecular flexibility index (Phi) is 11.1. The number of hydrogen-bond donors (Lipinski definition) is 3. The van der Waals surface area contributed by atoms with Gasteiger partial charge < -0.3 is 29.4 Å². The third-order valence-corrected chi connectivity index (χ3v) is 10.6. The van der Waals surface area contributed by atoms with Crippen LogP contribution in [-0.4, -0.2) is 67.0 Å². The van der Waals surface area contributed by atoms with Crippen LogP contribution >= 0.6 is 0 Å². The maximum Gasteiger partial charge on any atom is 0.408 e. The zero-order valence-electron chi connectivity index (χ0n) is 23.0. The van der Waals surface area contributed by atoms with Crippen LogP contribution in [0.5, 0.6) is 0 Å². The van der Waals surface area contributed by atoms with E-state index in [0.717, 1.165) is 5.56 Å². The van der Waals surface area contributed by atoms with E-state index in [0.29, 0.717) is 0 Å². The van der Waals surface area contributed by atoms with Crippen LogP contribution in [0, 0.1) is 5.92 Å². The molecule has 9 nitrogen and oxygen atoms in total. The number of aliphatic hydroxyl groups excluding tert-OH is 1. The summed E-state index contributed by atoms with van der Waals surface area (Å²) in [6.45, 7) is 16.0. The molecule has 3 N–H and O–H groups in total. The van der Waals surface area contributed by atoms with Crippen molar-refractivity contribution in [2.75, 3.05) is 6.61 Å². The van der Waals surface area contributed by atoms with Gasteiger partial charge in [0.25, 0.3) is 0 Å². The van der Waals surface area contributed by atoms with E-state index in [1.807, 2.05) is 64.2 Å². The fraction of sp³-hybridized carbons (Fsp3) is 0.654. The van der Waals surface area contributed by atoms with Gasteiger partial charge in [0, 0.05) is 0 Å². The molecule has 0 fully saturated rings. The summed E-state index contributed by atoms with van der Waals surface area (Å²) in [5, 5.41) is 21.9. The monoisotopic (exact) mass is 525 g/mol. The highest BCUT2D eigenvalue weighted by Crippen LogP contribution is 2.39. The van der Waals surface area contributed by atoms with Gasteiger partial charge in [0.1, 0.15) is 11.7 Å². The number of carboxylic acid groups (broad SMARTS) is 1. The Bertz CT molecular complexity index is 876. The number of aliphatic hydroxyl groups is 1. The van der Waals surface area contributed by atoms with Crippen molar-refractivity contribution < 1.29 is 38.5 Å². The molecule has 0 aliphatic heterocycles. The number of rotatable bonds is 11. The molecular formula is C26H43NO8Si. The summed E-state index contributed by atoms with van der Waals surface area (Å²) in [5.74, 6) is -2.99. The first kappa shape index (κ1) is 31.6. The lowest BCUT2D eigenvalue weighted by molar-refractivity contribution is -0.163. The summed E-state index contributed by atoms with van der Waals surface area (Å²) >= 11 is 0. The fourth-order valence-electron chi connectivity index (χ4n) is 3.20. The molecule has 1 aromatic carbocycles. The Labute approximate surface area is 215 Å². The number of benzene rings is 1. The SMILES string of the molecule is C[C@H](OC(=O)[C@H](CO)NC(=O)OC(C)(C)C)[C@H](O[Si](C)(C)C(C)(C)C)[C@@H](Cc1ccccc1)C(=O)O. The number of hydrogen-bond acceptors (Lipinski definition) is 7. The van der Waals surface area contributed by atoms with E-state index < -0.39 is 62.7 Å². The summed E-state index contributed by atoms with van der Waals surface area (Å²) in [6.07, 6.45) is -2.65. The number of carboxylic acids is 1. The van der Waals surface area contributed by atoms with Crippen LogP contribution in [0.4, 0.5) is 4.79 Å². The Morgan fingerprint density at radius 3 is 2.03 bits per heavy atom. The van der Waals surface area contributed by atoms with Gasteiger partial charge >= 0.3 is 18.0 Å². The lowest BCUT2D eigenvalue weighted by Crippen LogP contribution is -2.53. The van der Waals surface area contributed by atoms with Crippen molar-refractivity contribution in [2.45, 2.75) is 96.9 Å². The maximum absolute atomic E-state index is 12.9. The summed E-state index contributed by atoms with van der Waals surface area (Å²) in [6, 6.07) is 7.80. The number of nitrogens with one attached hydrogen (secondary N) is 1. The van der Waals surface area contributed by atoms with E-state index >= 15 is 0 Å². The van der Waals surface area contributed by atoms with Crippen LogP contribution in [-0.2, 0) is 29.9 Å². The zero-order chi connectivity index (χ0) is 27.9. The highest BCUT2D eigenvalue weighted by atomic mass is 28.4. The first-order chi connectivity index (χ1) is 16.4. The second-order valence-electron chi connectivity index (χ2n) is 11.5. The molecule has 1 amide bonds. The number of alkyl carbamates (subject to hydrolysis) is 1. The van der Waals surface area contributed by atoms with Crippen LogP contribution in [0.3, 0.4) is 0 Å². The van der Waals surface area contributed by atoms with Crippen molar-refractivity contribution in [1.82, 2.24) is 5.32 Å². The standard InChI is InChI=1S/C26H43NO8Si/c1-17(33-23(31)20(16-28)27-24(32)34-25(2,3)4)21(35-36(8,9)26(5,6)7)19(22(29)30)15-18-13-11-10-12-14-18/h10-14,17,19-21,28H,15-16H2,1-9H3,(H,27,32)(H,29,30)/t17-,19+,20-,21-/m0/s1. The molecule has 0 radical (unpaired) electrons. The van der Waals surface area contributed by atoms with Gasteiger partial charge in [-0.2, -0.15) is 0 Å². The Balaban J connectivity index is 3.21. The highest BCUT2D eigenvalue weighted by Gasteiger charge is 2.45. The number of carbonyl (C=O) groups excluding carboxylic acids is 2. The molecule has 0 aromatic heterocycles. The van der Waals surface area contributed by atoms with E-state index in [9.17, 15) is 24.6 Å².